The molecule has 3 aliphatic heterocycles. The molecule has 11 nitrogen and oxygen atoms in total. The summed E-state index contributed by atoms with van der Waals surface area (Å²) in [6.07, 6.45) is 5.63. The number of imide groups is 1. The van der Waals surface area contributed by atoms with E-state index in [4.69, 9.17) is 4.98 Å². The highest BCUT2D eigenvalue weighted by molar-refractivity contribution is 6.06. The van der Waals surface area contributed by atoms with Crippen LogP contribution in [0.15, 0.2) is 85.2 Å². The molecule has 2 N–H and O–H groups in total. The third-order valence-electron chi connectivity index (χ3n) is 10.1. The summed E-state index contributed by atoms with van der Waals surface area (Å²) >= 11 is 0. The van der Waals surface area contributed by atoms with Crippen molar-refractivity contribution >= 4 is 46.0 Å². The van der Waals surface area contributed by atoms with Gasteiger partial charge in [0.15, 0.2) is 0 Å². The van der Waals surface area contributed by atoms with E-state index in [0.717, 1.165) is 50.8 Å². The van der Waals surface area contributed by atoms with E-state index in [-0.39, 0.29) is 42.3 Å². The van der Waals surface area contributed by atoms with Crippen LogP contribution < -0.4 is 15.5 Å². The van der Waals surface area contributed by atoms with E-state index in [2.05, 4.69) is 51.7 Å². The number of rotatable bonds is 6. The molecule has 262 valence electrons. The molecule has 1 fully saturated rings. The van der Waals surface area contributed by atoms with Crippen LogP contribution in [0.2, 0.25) is 0 Å². The number of hydrogen-bond acceptors (Lipinski definition) is 7. The van der Waals surface area contributed by atoms with E-state index in [1.54, 1.807) is 29.3 Å². The zero-order valence-electron chi connectivity index (χ0n) is 28.9. The number of anilines is 1. The lowest BCUT2D eigenvalue weighted by Crippen LogP contribution is -2.52. The lowest BCUT2D eigenvalue weighted by Gasteiger charge is -2.29. The predicted octanol–water partition coefficient (Wildman–Crippen LogP) is 4.81. The Balaban J connectivity index is 0.896. The van der Waals surface area contributed by atoms with E-state index < -0.39 is 11.9 Å². The second-order valence-electron chi connectivity index (χ2n) is 13.4. The van der Waals surface area contributed by atoms with Crippen molar-refractivity contribution < 1.29 is 24.0 Å². The van der Waals surface area contributed by atoms with Gasteiger partial charge in [-0.25, -0.2) is 0 Å². The first-order valence-corrected chi connectivity index (χ1v) is 17.5. The Morgan fingerprint density at radius 3 is 2.57 bits per heavy atom. The highest BCUT2D eigenvalue weighted by atomic mass is 16.2. The number of benzene rings is 3. The molecular formula is C42H34N6O5. The first kappa shape index (κ1) is 33.5. The first-order valence-electron chi connectivity index (χ1n) is 17.5. The monoisotopic (exact) mass is 702 g/mol. The SMILES string of the molecule is CN1C(=O)CCc2ccc(-c3cccc4cc(-c5ccc(C(=O)NCCC#Cc6cccc7c6CN(C6CCC(=O)NC6=O)C7=O)nc5)ncc34)cc21. The molecule has 0 bridgehead atoms. The molecule has 5 aromatic rings. The van der Waals surface area contributed by atoms with Crippen LogP contribution in [0.1, 0.15) is 63.2 Å². The van der Waals surface area contributed by atoms with Gasteiger partial charge in [-0.3, -0.25) is 39.3 Å². The molecule has 0 aliphatic carbocycles. The van der Waals surface area contributed by atoms with Gasteiger partial charge in [0.1, 0.15) is 11.7 Å². The van der Waals surface area contributed by atoms with Crippen LogP contribution in [-0.2, 0) is 27.3 Å². The fourth-order valence-corrected chi connectivity index (χ4v) is 7.25. The van der Waals surface area contributed by atoms with Crippen LogP contribution in [0.25, 0.3) is 33.2 Å². The lowest BCUT2D eigenvalue weighted by atomic mass is 9.94. The van der Waals surface area contributed by atoms with Gasteiger partial charge in [0.25, 0.3) is 11.8 Å². The molecule has 0 radical (unpaired) electrons. The maximum atomic E-state index is 13.1. The molecule has 11 heteroatoms. The minimum absolute atomic E-state index is 0.121. The van der Waals surface area contributed by atoms with E-state index >= 15 is 0 Å². The number of carbonyl (C=O) groups excluding carboxylic acids is 5. The van der Waals surface area contributed by atoms with Crippen LogP contribution in [0.3, 0.4) is 0 Å². The smallest absolute Gasteiger partial charge is 0.269 e. The summed E-state index contributed by atoms with van der Waals surface area (Å²) in [6.45, 7) is 0.549. The van der Waals surface area contributed by atoms with Crippen molar-refractivity contribution in [3.8, 4) is 34.2 Å². The fourth-order valence-electron chi connectivity index (χ4n) is 7.25. The average Bonchev–Trinajstić information content (AvgIpc) is 3.51. The van der Waals surface area contributed by atoms with E-state index in [9.17, 15) is 24.0 Å². The molecule has 8 rings (SSSR count). The van der Waals surface area contributed by atoms with Crippen molar-refractivity contribution in [3.63, 3.8) is 0 Å². The maximum absolute atomic E-state index is 13.1. The van der Waals surface area contributed by atoms with Gasteiger partial charge in [0.2, 0.25) is 17.7 Å². The molecule has 0 saturated carbocycles. The summed E-state index contributed by atoms with van der Waals surface area (Å²) in [5, 5.41) is 7.18. The molecule has 2 aromatic heterocycles. The summed E-state index contributed by atoms with van der Waals surface area (Å²) in [5.41, 5.74) is 7.90. The van der Waals surface area contributed by atoms with Gasteiger partial charge in [-0.2, -0.15) is 0 Å². The van der Waals surface area contributed by atoms with Gasteiger partial charge in [-0.05, 0) is 76.9 Å². The van der Waals surface area contributed by atoms with Gasteiger partial charge in [-0.1, -0.05) is 48.2 Å². The van der Waals surface area contributed by atoms with Gasteiger partial charge in [-0.15, -0.1) is 0 Å². The standard InChI is InChI=1S/C42H34N6O5/c1-47-37-21-28(12-11-26(37)14-18-39(47)50)30-9-5-8-27-20-35(45-23-32(27)30)29-13-15-34(44-22-29)40(51)43-19-3-2-6-25-7-4-10-31-33(25)24-48(42(31)53)36-16-17-38(49)46-41(36)52/h4-5,7-13,15,20-23,36H,3,14,16-19,24H2,1H3,(H,43,51)(H,46,49,52). The number of nitrogens with one attached hydrogen (secondary N) is 2. The Kier molecular flexibility index (Phi) is 8.72. The normalized spacial score (nSPS) is 16.5. The Bertz CT molecular complexity index is 2430. The van der Waals surface area contributed by atoms with Crippen molar-refractivity contribution in [2.75, 3.05) is 18.5 Å². The Hall–Kier alpha value is -6.67. The summed E-state index contributed by atoms with van der Waals surface area (Å²) < 4.78 is 0. The lowest BCUT2D eigenvalue weighted by molar-refractivity contribution is -0.137. The van der Waals surface area contributed by atoms with E-state index in [0.29, 0.717) is 36.9 Å². The summed E-state index contributed by atoms with van der Waals surface area (Å²) in [6, 6.07) is 22.5. The topological polar surface area (TPSA) is 142 Å². The number of amides is 5. The third-order valence-corrected chi connectivity index (χ3v) is 10.1. The van der Waals surface area contributed by atoms with Crippen LogP contribution >= 0.6 is 0 Å². The highest BCUT2D eigenvalue weighted by Crippen LogP contribution is 2.36. The Morgan fingerprint density at radius 1 is 0.906 bits per heavy atom. The molecule has 3 aliphatic rings. The zero-order chi connectivity index (χ0) is 36.6. The van der Waals surface area contributed by atoms with Crippen LogP contribution in [-0.4, -0.2) is 64.0 Å². The number of carbonyl (C=O) groups is 5. The minimum atomic E-state index is -0.688. The number of hydrogen-bond donors (Lipinski definition) is 2. The molecular weight excluding hydrogens is 668 g/mol. The second kappa shape index (κ2) is 13.8. The molecule has 1 atom stereocenters. The van der Waals surface area contributed by atoms with Gasteiger partial charge < -0.3 is 15.1 Å². The fraction of sp³-hybridized carbons (Fsp3) is 0.214. The van der Waals surface area contributed by atoms with E-state index in [1.807, 2.05) is 43.6 Å². The van der Waals surface area contributed by atoms with Crippen LogP contribution in [0.5, 0.6) is 0 Å². The Labute approximate surface area is 305 Å². The maximum Gasteiger partial charge on any atom is 0.269 e. The number of pyridine rings is 2. The summed E-state index contributed by atoms with van der Waals surface area (Å²) in [7, 11) is 1.82. The summed E-state index contributed by atoms with van der Waals surface area (Å²) in [4.78, 5) is 74.6. The Morgan fingerprint density at radius 2 is 1.74 bits per heavy atom. The highest BCUT2D eigenvalue weighted by Gasteiger charge is 2.39. The average molecular weight is 703 g/mol. The second-order valence-corrected chi connectivity index (χ2v) is 13.4. The third kappa shape index (κ3) is 6.40. The number of nitrogens with zero attached hydrogens (tertiary/aromatic N) is 4. The molecule has 1 unspecified atom stereocenters. The predicted molar refractivity (Wildman–Crippen MR) is 198 cm³/mol. The molecule has 3 aromatic carbocycles. The van der Waals surface area contributed by atoms with Crippen LogP contribution in [0, 0.1) is 11.8 Å². The van der Waals surface area contributed by atoms with E-state index in [1.165, 1.54) is 10.5 Å². The quantitative estimate of drug-likeness (QED) is 0.147. The number of piperidine rings is 1. The first-order chi connectivity index (χ1) is 25.7. The molecule has 0 spiro atoms. The largest absolute Gasteiger partial charge is 0.350 e. The zero-order valence-corrected chi connectivity index (χ0v) is 28.9. The minimum Gasteiger partial charge on any atom is -0.350 e. The number of aryl methyl sites for hydroxylation is 1. The molecule has 1 saturated heterocycles. The molecule has 53 heavy (non-hydrogen) atoms. The van der Waals surface area contributed by atoms with Crippen LogP contribution in [0.4, 0.5) is 5.69 Å². The van der Waals surface area contributed by atoms with Crippen molar-refractivity contribution in [1.29, 1.82) is 0 Å². The van der Waals surface area contributed by atoms with Crippen molar-refractivity contribution in [1.82, 2.24) is 25.5 Å². The van der Waals surface area contributed by atoms with Crippen molar-refractivity contribution in [3.05, 3.63) is 113 Å². The van der Waals surface area contributed by atoms with Gasteiger partial charge >= 0.3 is 0 Å². The summed E-state index contributed by atoms with van der Waals surface area (Å²) in [5.74, 6) is 4.96. The molecule has 5 heterocycles. The van der Waals surface area contributed by atoms with Gasteiger partial charge in [0, 0.05) is 79.6 Å². The van der Waals surface area contributed by atoms with Crippen molar-refractivity contribution in [2.24, 2.45) is 0 Å². The van der Waals surface area contributed by atoms with Crippen molar-refractivity contribution in [2.45, 2.75) is 44.7 Å². The number of aromatic nitrogens is 2. The number of fused-ring (bicyclic) bond motifs is 3. The molecule has 5 amide bonds. The van der Waals surface area contributed by atoms with Gasteiger partial charge in [0.05, 0.1) is 5.69 Å².